The lowest BCUT2D eigenvalue weighted by Crippen LogP contribution is -2.52. The minimum Gasteiger partial charge on any atom is -0.343 e. The van der Waals surface area contributed by atoms with Crippen molar-refractivity contribution in [3.8, 4) is 0 Å². The molecule has 2 bridgehead atoms. The predicted molar refractivity (Wildman–Crippen MR) is 83.8 cm³/mol. The van der Waals surface area contributed by atoms with Gasteiger partial charge in [-0.3, -0.25) is 0 Å². The maximum Gasteiger partial charge on any atom is 0.178 e. The molecule has 4 fully saturated rings. The van der Waals surface area contributed by atoms with Gasteiger partial charge in [-0.25, -0.2) is 0 Å². The first-order valence-electron chi connectivity index (χ1n) is 8.80. The summed E-state index contributed by atoms with van der Waals surface area (Å²) in [5, 5.41) is 0. The van der Waals surface area contributed by atoms with Crippen LogP contribution in [0.5, 0.6) is 0 Å². The van der Waals surface area contributed by atoms with E-state index in [4.69, 9.17) is 9.47 Å². The average molecular weight is 290 g/mol. The molecule has 0 aromatic carbocycles. The van der Waals surface area contributed by atoms with Crippen LogP contribution in [0.15, 0.2) is 12.2 Å². The zero-order chi connectivity index (χ0) is 15.0. The lowest BCUT2D eigenvalue weighted by molar-refractivity contribution is -0.104. The number of fused-ring (bicyclic) bond motifs is 3. The summed E-state index contributed by atoms with van der Waals surface area (Å²) >= 11 is 0. The van der Waals surface area contributed by atoms with Crippen molar-refractivity contribution in [2.75, 3.05) is 0 Å². The highest BCUT2D eigenvalue weighted by molar-refractivity contribution is 5.21. The fourth-order valence-corrected chi connectivity index (χ4v) is 6.84. The largest absolute Gasteiger partial charge is 0.343 e. The van der Waals surface area contributed by atoms with Crippen molar-refractivity contribution in [3.05, 3.63) is 12.2 Å². The second-order valence-electron chi connectivity index (χ2n) is 8.87. The van der Waals surface area contributed by atoms with E-state index < -0.39 is 0 Å². The van der Waals surface area contributed by atoms with Gasteiger partial charge < -0.3 is 9.47 Å². The van der Waals surface area contributed by atoms with Gasteiger partial charge in [-0.2, -0.15) is 0 Å². The van der Waals surface area contributed by atoms with Gasteiger partial charge in [0.05, 0.1) is 11.7 Å². The molecule has 0 aromatic rings. The molecule has 1 aliphatic heterocycles. The van der Waals surface area contributed by atoms with Crippen LogP contribution in [0, 0.1) is 28.6 Å². The molecule has 3 aliphatic carbocycles. The van der Waals surface area contributed by atoms with Gasteiger partial charge in [-0.05, 0) is 74.2 Å². The molecule has 0 aromatic heterocycles. The maximum atomic E-state index is 6.45. The molecular weight excluding hydrogens is 260 g/mol. The summed E-state index contributed by atoms with van der Waals surface area (Å²) in [6, 6.07) is 0. The summed E-state index contributed by atoms with van der Waals surface area (Å²) in [6.45, 7) is 11.9. The number of hydrogen-bond acceptors (Lipinski definition) is 2. The molecule has 1 spiro atoms. The van der Waals surface area contributed by atoms with Gasteiger partial charge in [-0.15, -0.1) is 0 Å². The second kappa shape index (κ2) is 4.14. The molecule has 3 saturated carbocycles. The van der Waals surface area contributed by atoms with Gasteiger partial charge in [0.2, 0.25) is 0 Å². The summed E-state index contributed by atoms with van der Waals surface area (Å²) in [7, 11) is 0. The molecule has 0 unspecified atom stereocenters. The van der Waals surface area contributed by atoms with E-state index in [2.05, 4.69) is 33.8 Å². The summed E-state index contributed by atoms with van der Waals surface area (Å²) in [5.41, 5.74) is 0.804. The van der Waals surface area contributed by atoms with Crippen molar-refractivity contribution in [2.24, 2.45) is 28.6 Å². The van der Waals surface area contributed by atoms with E-state index in [1.54, 1.807) is 0 Å². The number of ether oxygens (including phenoxy) is 2. The summed E-state index contributed by atoms with van der Waals surface area (Å²) < 4.78 is 12.8. The van der Waals surface area contributed by atoms with Crippen molar-refractivity contribution in [3.63, 3.8) is 0 Å². The topological polar surface area (TPSA) is 18.5 Å². The Balaban J connectivity index is 1.76. The molecule has 118 valence electrons. The average Bonchev–Trinajstić information content (AvgIpc) is 2.95. The maximum absolute atomic E-state index is 6.45. The first kappa shape index (κ1) is 14.3. The molecule has 2 nitrogen and oxygen atoms in total. The third-order valence-electron chi connectivity index (χ3n) is 7.86. The van der Waals surface area contributed by atoms with Crippen LogP contribution in [0.25, 0.3) is 0 Å². The molecule has 2 heteroatoms. The van der Waals surface area contributed by atoms with E-state index in [1.165, 1.54) is 25.7 Å². The van der Waals surface area contributed by atoms with Crippen molar-refractivity contribution in [1.82, 2.24) is 0 Å². The monoisotopic (exact) mass is 290 g/mol. The SMILES string of the molecule is C/C=C/[C@@H]1O[C@H]2C[C@@]34C[C@H](C(C)(C)[C@@H]3CC[C@H]4C)[C@@]2(C)O1. The first-order chi connectivity index (χ1) is 9.84. The molecular formula is C19H30O2. The Hall–Kier alpha value is -0.340. The molecule has 21 heavy (non-hydrogen) atoms. The lowest BCUT2D eigenvalue weighted by atomic mass is 9.63. The summed E-state index contributed by atoms with van der Waals surface area (Å²) in [4.78, 5) is 0. The van der Waals surface area contributed by atoms with E-state index in [1.807, 2.05) is 13.0 Å². The van der Waals surface area contributed by atoms with E-state index in [0.717, 1.165) is 11.8 Å². The van der Waals surface area contributed by atoms with Crippen LogP contribution in [-0.4, -0.2) is 18.0 Å². The molecule has 1 saturated heterocycles. The van der Waals surface area contributed by atoms with Crippen molar-refractivity contribution in [1.29, 1.82) is 0 Å². The van der Waals surface area contributed by atoms with E-state index in [-0.39, 0.29) is 18.0 Å². The molecule has 7 atom stereocenters. The zero-order valence-electron chi connectivity index (χ0n) is 14.2. The predicted octanol–water partition coefficient (Wildman–Crippen LogP) is 4.55. The van der Waals surface area contributed by atoms with E-state index >= 15 is 0 Å². The highest BCUT2D eigenvalue weighted by Crippen LogP contribution is 2.74. The molecule has 0 N–H and O–H groups in total. The van der Waals surface area contributed by atoms with Gasteiger partial charge in [0.25, 0.3) is 0 Å². The molecule has 0 amide bonds. The fourth-order valence-electron chi connectivity index (χ4n) is 6.84. The number of allylic oxidation sites excluding steroid dienone is 1. The Morgan fingerprint density at radius 2 is 1.81 bits per heavy atom. The second-order valence-corrected chi connectivity index (χ2v) is 8.87. The Morgan fingerprint density at radius 3 is 2.52 bits per heavy atom. The van der Waals surface area contributed by atoms with E-state index in [9.17, 15) is 0 Å². The molecule has 4 rings (SSSR count). The van der Waals surface area contributed by atoms with Crippen molar-refractivity contribution >= 4 is 0 Å². The summed E-state index contributed by atoms with van der Waals surface area (Å²) in [6.07, 6.45) is 9.64. The van der Waals surface area contributed by atoms with Crippen LogP contribution in [0.4, 0.5) is 0 Å². The standard InChI is InChI=1S/C19H30O2/c1-6-7-16-20-15-11-19-10-14(18(15,5)21-16)17(3,4)13(19)9-8-12(19)2/h6-7,12-16H,8-11H2,1-5H3/b7-6+/t12-,13+,14-,15+,16-,18-,19-/m1/s1. The van der Waals surface area contributed by atoms with Gasteiger partial charge in [0, 0.05) is 0 Å². The smallest absolute Gasteiger partial charge is 0.178 e. The van der Waals surface area contributed by atoms with Crippen molar-refractivity contribution in [2.45, 2.75) is 78.3 Å². The quantitative estimate of drug-likeness (QED) is 0.660. The first-order valence-corrected chi connectivity index (χ1v) is 8.80. The van der Waals surface area contributed by atoms with Crippen LogP contribution in [0.2, 0.25) is 0 Å². The normalized spacial score (nSPS) is 57.7. The molecule has 4 aliphatic rings. The Bertz CT molecular complexity index is 482. The number of hydrogen-bond donors (Lipinski definition) is 0. The van der Waals surface area contributed by atoms with Gasteiger partial charge in [0.15, 0.2) is 6.29 Å². The van der Waals surface area contributed by atoms with E-state index in [0.29, 0.717) is 16.7 Å². The van der Waals surface area contributed by atoms with Gasteiger partial charge in [0.1, 0.15) is 0 Å². The fraction of sp³-hybridized carbons (Fsp3) is 0.895. The highest BCUT2D eigenvalue weighted by Gasteiger charge is 2.72. The van der Waals surface area contributed by atoms with Crippen molar-refractivity contribution < 1.29 is 9.47 Å². The lowest BCUT2D eigenvalue weighted by Gasteiger charge is -2.47. The zero-order valence-corrected chi connectivity index (χ0v) is 14.2. The van der Waals surface area contributed by atoms with Gasteiger partial charge in [-0.1, -0.05) is 26.8 Å². The van der Waals surface area contributed by atoms with Crippen LogP contribution in [0.3, 0.4) is 0 Å². The third kappa shape index (κ3) is 1.56. The Morgan fingerprint density at radius 1 is 1.05 bits per heavy atom. The number of rotatable bonds is 1. The summed E-state index contributed by atoms with van der Waals surface area (Å²) in [5.74, 6) is 2.34. The van der Waals surface area contributed by atoms with Crippen LogP contribution in [-0.2, 0) is 9.47 Å². The highest BCUT2D eigenvalue weighted by atomic mass is 16.7. The van der Waals surface area contributed by atoms with Gasteiger partial charge >= 0.3 is 0 Å². The van der Waals surface area contributed by atoms with Crippen LogP contribution >= 0.6 is 0 Å². The Labute approximate surface area is 129 Å². The van der Waals surface area contributed by atoms with Crippen LogP contribution in [0.1, 0.15) is 60.3 Å². The molecule has 0 radical (unpaired) electrons. The minimum atomic E-state index is -0.133. The Kier molecular flexibility index (Phi) is 2.81. The van der Waals surface area contributed by atoms with Crippen LogP contribution < -0.4 is 0 Å². The molecule has 1 heterocycles. The minimum absolute atomic E-state index is 0.0943. The third-order valence-corrected chi connectivity index (χ3v) is 7.86.